The number of rotatable bonds is 3. The van der Waals surface area contributed by atoms with E-state index in [1.165, 1.54) is 24.3 Å². The molecule has 0 aliphatic carbocycles. The van der Waals surface area contributed by atoms with Crippen LogP contribution in [0.25, 0.3) is 11.1 Å². The summed E-state index contributed by atoms with van der Waals surface area (Å²) in [5.74, 6) is -3.86. The molecule has 0 amide bonds. The standard InChI is InChI=1S/C14H13NO4S.C2HF3O2/c1-20(18,19)11-5-2-9(3-6-11)10-4-7-13(15)12(8-10)14(16)17;3-2(4,5)1(6)7/h2-8H,15H2,1H3,(H,16,17);(H,6,7). The molecule has 2 aromatic carbocycles. The van der Waals surface area contributed by atoms with Gasteiger partial charge in [0.2, 0.25) is 0 Å². The molecule has 2 rings (SSSR count). The summed E-state index contributed by atoms with van der Waals surface area (Å²) in [5, 5.41) is 16.2. The summed E-state index contributed by atoms with van der Waals surface area (Å²) < 4.78 is 54.5. The average Bonchev–Trinajstić information content (AvgIpc) is 2.54. The maximum absolute atomic E-state index is 11.4. The summed E-state index contributed by atoms with van der Waals surface area (Å²) in [6, 6.07) is 10.9. The van der Waals surface area contributed by atoms with E-state index in [0.717, 1.165) is 11.8 Å². The van der Waals surface area contributed by atoms with E-state index in [1.54, 1.807) is 18.2 Å². The SMILES string of the molecule is CS(=O)(=O)c1ccc(-c2ccc(N)c(C(=O)O)c2)cc1.O=C(O)C(F)(F)F. The molecule has 0 atom stereocenters. The number of carboxylic acids is 2. The zero-order valence-electron chi connectivity index (χ0n) is 13.7. The predicted molar refractivity (Wildman–Crippen MR) is 90.1 cm³/mol. The van der Waals surface area contributed by atoms with Crippen LogP contribution >= 0.6 is 0 Å². The molecule has 27 heavy (non-hydrogen) atoms. The van der Waals surface area contributed by atoms with Gasteiger partial charge in [-0.15, -0.1) is 0 Å². The minimum atomic E-state index is -5.08. The first-order valence-electron chi connectivity index (χ1n) is 6.97. The number of aliphatic carboxylic acids is 1. The molecule has 0 heterocycles. The Bertz CT molecular complexity index is 953. The topological polar surface area (TPSA) is 135 Å². The van der Waals surface area contributed by atoms with Crippen molar-refractivity contribution in [3.05, 3.63) is 48.0 Å². The number of nitrogens with two attached hydrogens (primary N) is 1. The number of halogens is 3. The lowest BCUT2D eigenvalue weighted by atomic mass is 10.0. The fourth-order valence-electron chi connectivity index (χ4n) is 1.82. The van der Waals surface area contributed by atoms with Gasteiger partial charge in [0, 0.05) is 11.9 Å². The highest BCUT2D eigenvalue weighted by Crippen LogP contribution is 2.25. The van der Waals surface area contributed by atoms with Gasteiger partial charge in [-0.2, -0.15) is 13.2 Å². The van der Waals surface area contributed by atoms with Crippen LogP contribution in [0.1, 0.15) is 10.4 Å². The monoisotopic (exact) mass is 405 g/mol. The smallest absolute Gasteiger partial charge is 0.478 e. The molecule has 0 aliphatic heterocycles. The Kier molecular flexibility index (Phi) is 6.57. The maximum atomic E-state index is 11.4. The van der Waals surface area contributed by atoms with E-state index in [2.05, 4.69) is 0 Å². The molecule has 0 aromatic heterocycles. The molecule has 0 saturated heterocycles. The molecule has 146 valence electrons. The number of carboxylic acid groups (broad SMARTS) is 2. The van der Waals surface area contributed by atoms with Gasteiger partial charge in [0.1, 0.15) is 0 Å². The van der Waals surface area contributed by atoms with Gasteiger partial charge >= 0.3 is 18.1 Å². The number of hydrogen-bond acceptors (Lipinski definition) is 5. The Morgan fingerprint density at radius 1 is 0.963 bits per heavy atom. The van der Waals surface area contributed by atoms with E-state index < -0.39 is 28.0 Å². The third-order valence-corrected chi connectivity index (χ3v) is 4.27. The van der Waals surface area contributed by atoms with Crippen molar-refractivity contribution in [2.45, 2.75) is 11.1 Å². The fraction of sp³-hybridized carbons (Fsp3) is 0.125. The number of alkyl halides is 3. The first kappa shape index (κ1) is 22.0. The van der Waals surface area contributed by atoms with E-state index in [0.29, 0.717) is 5.56 Å². The van der Waals surface area contributed by atoms with Crippen molar-refractivity contribution in [2.24, 2.45) is 0 Å². The van der Waals surface area contributed by atoms with Crippen LogP contribution in [0.4, 0.5) is 18.9 Å². The molecular formula is C16H14F3NO6S. The molecule has 0 radical (unpaired) electrons. The Morgan fingerprint density at radius 2 is 1.41 bits per heavy atom. The molecule has 0 saturated carbocycles. The lowest BCUT2D eigenvalue weighted by Gasteiger charge is -2.06. The van der Waals surface area contributed by atoms with E-state index in [1.807, 2.05) is 0 Å². The first-order valence-corrected chi connectivity index (χ1v) is 8.86. The van der Waals surface area contributed by atoms with E-state index in [-0.39, 0.29) is 16.1 Å². The van der Waals surface area contributed by atoms with Crippen molar-refractivity contribution in [3.8, 4) is 11.1 Å². The van der Waals surface area contributed by atoms with Crippen LogP contribution in [-0.4, -0.2) is 43.0 Å². The molecule has 11 heteroatoms. The number of benzene rings is 2. The van der Waals surface area contributed by atoms with Crippen molar-refractivity contribution in [2.75, 3.05) is 12.0 Å². The highest BCUT2D eigenvalue weighted by molar-refractivity contribution is 7.90. The first-order chi connectivity index (χ1) is 12.2. The quantitative estimate of drug-likeness (QED) is 0.668. The number of aromatic carboxylic acids is 1. The lowest BCUT2D eigenvalue weighted by Crippen LogP contribution is -2.21. The van der Waals surface area contributed by atoms with Crippen LogP contribution in [0.15, 0.2) is 47.4 Å². The minimum absolute atomic E-state index is 0.0229. The predicted octanol–water partition coefficient (Wildman–Crippen LogP) is 2.67. The van der Waals surface area contributed by atoms with Gasteiger partial charge in [-0.05, 0) is 35.4 Å². The molecule has 0 spiro atoms. The largest absolute Gasteiger partial charge is 0.490 e. The van der Waals surface area contributed by atoms with Gasteiger partial charge in [0.15, 0.2) is 9.84 Å². The third kappa shape index (κ3) is 6.29. The van der Waals surface area contributed by atoms with Crippen molar-refractivity contribution in [1.29, 1.82) is 0 Å². The highest BCUT2D eigenvalue weighted by atomic mass is 32.2. The minimum Gasteiger partial charge on any atom is -0.478 e. The van der Waals surface area contributed by atoms with Crippen LogP contribution in [0.2, 0.25) is 0 Å². The van der Waals surface area contributed by atoms with Crippen LogP contribution in [0.3, 0.4) is 0 Å². The molecule has 0 unspecified atom stereocenters. The fourth-order valence-corrected chi connectivity index (χ4v) is 2.45. The lowest BCUT2D eigenvalue weighted by molar-refractivity contribution is -0.192. The molecule has 4 N–H and O–H groups in total. The van der Waals surface area contributed by atoms with Crippen molar-refractivity contribution in [1.82, 2.24) is 0 Å². The van der Waals surface area contributed by atoms with Crippen LogP contribution < -0.4 is 5.73 Å². The average molecular weight is 405 g/mol. The van der Waals surface area contributed by atoms with Crippen molar-refractivity contribution in [3.63, 3.8) is 0 Å². The number of hydrogen-bond donors (Lipinski definition) is 3. The Morgan fingerprint density at radius 3 is 1.78 bits per heavy atom. The summed E-state index contributed by atoms with van der Waals surface area (Å²) in [6.45, 7) is 0. The third-order valence-electron chi connectivity index (χ3n) is 3.14. The summed E-state index contributed by atoms with van der Waals surface area (Å²) in [4.78, 5) is 20.1. The number of nitrogen functional groups attached to an aromatic ring is 1. The van der Waals surface area contributed by atoms with Gasteiger partial charge in [-0.25, -0.2) is 18.0 Å². The number of anilines is 1. The van der Waals surface area contributed by atoms with Gasteiger partial charge in [-0.3, -0.25) is 0 Å². The normalized spacial score (nSPS) is 11.3. The second-order valence-electron chi connectivity index (χ2n) is 5.21. The molecule has 0 aliphatic rings. The van der Waals surface area contributed by atoms with Crippen molar-refractivity contribution >= 4 is 27.5 Å². The second kappa shape index (κ2) is 8.08. The number of sulfone groups is 1. The van der Waals surface area contributed by atoms with E-state index >= 15 is 0 Å². The summed E-state index contributed by atoms with van der Waals surface area (Å²) in [5.41, 5.74) is 7.19. The van der Waals surface area contributed by atoms with Gasteiger partial charge in [-0.1, -0.05) is 18.2 Å². The van der Waals surface area contributed by atoms with Crippen LogP contribution in [-0.2, 0) is 14.6 Å². The van der Waals surface area contributed by atoms with Gasteiger partial charge in [0.05, 0.1) is 10.5 Å². The van der Waals surface area contributed by atoms with Crippen molar-refractivity contribution < 1.29 is 41.4 Å². The zero-order chi connectivity index (χ0) is 21.0. The number of carbonyl (C=O) groups is 2. The van der Waals surface area contributed by atoms with Gasteiger partial charge < -0.3 is 15.9 Å². The van der Waals surface area contributed by atoms with Crippen LogP contribution in [0.5, 0.6) is 0 Å². The molecule has 2 aromatic rings. The summed E-state index contributed by atoms with van der Waals surface area (Å²) in [6.07, 6.45) is -3.95. The molecule has 0 bridgehead atoms. The van der Waals surface area contributed by atoms with E-state index in [4.69, 9.17) is 20.7 Å². The summed E-state index contributed by atoms with van der Waals surface area (Å²) >= 11 is 0. The molecular weight excluding hydrogens is 391 g/mol. The summed E-state index contributed by atoms with van der Waals surface area (Å²) in [7, 11) is -3.24. The zero-order valence-corrected chi connectivity index (χ0v) is 14.5. The Balaban J connectivity index is 0.000000445. The molecule has 0 fully saturated rings. The second-order valence-corrected chi connectivity index (χ2v) is 7.22. The Hall–Kier alpha value is -3.08. The molecule has 7 nitrogen and oxygen atoms in total. The van der Waals surface area contributed by atoms with Crippen LogP contribution in [0, 0.1) is 0 Å². The van der Waals surface area contributed by atoms with Gasteiger partial charge in [0.25, 0.3) is 0 Å². The van der Waals surface area contributed by atoms with E-state index in [9.17, 15) is 26.4 Å². The maximum Gasteiger partial charge on any atom is 0.490 e. The Labute approximate surface area is 151 Å². The highest BCUT2D eigenvalue weighted by Gasteiger charge is 2.38.